The number of rotatable bonds is 2. The zero-order chi connectivity index (χ0) is 8.97. The topological polar surface area (TPSA) is 67.4 Å². The largest absolute Gasteiger partial charge is 0.462 e. The molecule has 0 unspecified atom stereocenters. The van der Waals surface area contributed by atoms with Gasteiger partial charge in [0.05, 0.1) is 7.11 Å². The zero-order valence-electron chi connectivity index (χ0n) is 6.92. The molecule has 1 saturated heterocycles. The second-order valence-electron chi connectivity index (χ2n) is 2.73. The fourth-order valence-corrected chi connectivity index (χ4v) is 0.895. The summed E-state index contributed by atoms with van der Waals surface area (Å²) in [4.78, 5) is 21.4. The quantitative estimate of drug-likeness (QED) is 0.393. The summed E-state index contributed by atoms with van der Waals surface area (Å²) in [5.74, 6) is -1.04. The summed E-state index contributed by atoms with van der Waals surface area (Å²) in [6, 6.07) is 0. The van der Waals surface area contributed by atoms with E-state index >= 15 is 0 Å². The Morgan fingerprint density at radius 2 is 2.25 bits per heavy atom. The van der Waals surface area contributed by atoms with Crippen molar-refractivity contribution >= 4 is 11.9 Å². The Kier molecular flexibility index (Phi) is 3.04. The molecule has 0 aromatic heterocycles. The molecule has 1 aliphatic rings. The zero-order valence-corrected chi connectivity index (χ0v) is 6.92. The van der Waals surface area contributed by atoms with Crippen LogP contribution in [0.25, 0.3) is 0 Å². The first-order valence-electron chi connectivity index (χ1n) is 3.81. The number of carbonyl (C=O) groups excluding carboxylic acids is 2. The van der Waals surface area contributed by atoms with Crippen molar-refractivity contribution in [2.24, 2.45) is 5.92 Å². The monoisotopic (exact) mass is 172 g/mol. The van der Waals surface area contributed by atoms with Crippen molar-refractivity contribution in [1.29, 1.82) is 0 Å². The van der Waals surface area contributed by atoms with Crippen molar-refractivity contribution in [2.75, 3.05) is 26.7 Å². The summed E-state index contributed by atoms with van der Waals surface area (Å²) in [5.41, 5.74) is 0. The van der Waals surface area contributed by atoms with Gasteiger partial charge < -0.3 is 15.4 Å². The molecule has 1 heterocycles. The number of methoxy groups -OCH3 is 1. The predicted molar refractivity (Wildman–Crippen MR) is 41.4 cm³/mol. The molecule has 0 bridgehead atoms. The number of ether oxygens (including phenoxy) is 1. The lowest BCUT2D eigenvalue weighted by Crippen LogP contribution is -2.49. The van der Waals surface area contributed by atoms with Crippen LogP contribution in [-0.4, -0.2) is 38.6 Å². The van der Waals surface area contributed by atoms with Crippen LogP contribution >= 0.6 is 0 Å². The SMILES string of the molecule is COC(=O)C(=O)NCC1CNC1. The van der Waals surface area contributed by atoms with E-state index in [2.05, 4.69) is 15.4 Å². The number of esters is 1. The van der Waals surface area contributed by atoms with Gasteiger partial charge in [-0.2, -0.15) is 0 Å². The Hall–Kier alpha value is -1.10. The van der Waals surface area contributed by atoms with E-state index in [0.717, 1.165) is 13.1 Å². The van der Waals surface area contributed by atoms with E-state index < -0.39 is 11.9 Å². The van der Waals surface area contributed by atoms with Crippen LogP contribution in [0.15, 0.2) is 0 Å². The Labute approximate surface area is 70.5 Å². The van der Waals surface area contributed by atoms with Crippen molar-refractivity contribution in [2.45, 2.75) is 0 Å². The van der Waals surface area contributed by atoms with Crippen LogP contribution in [0.2, 0.25) is 0 Å². The van der Waals surface area contributed by atoms with Crippen molar-refractivity contribution in [3.63, 3.8) is 0 Å². The summed E-state index contributed by atoms with van der Waals surface area (Å²) in [6.07, 6.45) is 0. The van der Waals surface area contributed by atoms with Gasteiger partial charge in [-0.1, -0.05) is 0 Å². The lowest BCUT2D eigenvalue weighted by atomic mass is 10.0. The van der Waals surface area contributed by atoms with Gasteiger partial charge in [0.15, 0.2) is 0 Å². The van der Waals surface area contributed by atoms with E-state index in [0.29, 0.717) is 12.5 Å². The molecule has 0 radical (unpaired) electrons. The molecule has 1 rings (SSSR count). The van der Waals surface area contributed by atoms with Crippen LogP contribution in [-0.2, 0) is 14.3 Å². The molecule has 0 saturated carbocycles. The highest BCUT2D eigenvalue weighted by Gasteiger charge is 2.19. The maximum atomic E-state index is 10.8. The minimum atomic E-state index is -0.831. The van der Waals surface area contributed by atoms with Gasteiger partial charge in [-0.05, 0) is 0 Å². The summed E-state index contributed by atoms with van der Waals surface area (Å²) < 4.78 is 4.23. The predicted octanol–water partition coefficient (Wildman–Crippen LogP) is -1.50. The highest BCUT2D eigenvalue weighted by molar-refractivity contribution is 6.32. The Bertz CT molecular complexity index is 189. The van der Waals surface area contributed by atoms with Crippen molar-refractivity contribution in [1.82, 2.24) is 10.6 Å². The van der Waals surface area contributed by atoms with E-state index in [1.54, 1.807) is 0 Å². The van der Waals surface area contributed by atoms with Crippen LogP contribution in [0, 0.1) is 5.92 Å². The molecule has 1 aliphatic heterocycles. The van der Waals surface area contributed by atoms with Gasteiger partial charge in [0, 0.05) is 25.6 Å². The lowest BCUT2D eigenvalue weighted by Gasteiger charge is -2.26. The third-order valence-electron chi connectivity index (χ3n) is 1.79. The molecule has 0 aromatic rings. The summed E-state index contributed by atoms with van der Waals surface area (Å²) in [7, 11) is 1.19. The molecule has 1 amide bonds. The normalized spacial score (nSPS) is 16.4. The van der Waals surface area contributed by atoms with Gasteiger partial charge in [0.2, 0.25) is 0 Å². The van der Waals surface area contributed by atoms with Crippen LogP contribution in [0.5, 0.6) is 0 Å². The number of amides is 1. The van der Waals surface area contributed by atoms with Crippen molar-refractivity contribution < 1.29 is 14.3 Å². The van der Waals surface area contributed by atoms with Gasteiger partial charge in [-0.3, -0.25) is 4.79 Å². The lowest BCUT2D eigenvalue weighted by molar-refractivity contribution is -0.152. The summed E-state index contributed by atoms with van der Waals surface area (Å²) in [6.45, 7) is 2.35. The smallest absolute Gasteiger partial charge is 0.396 e. The fourth-order valence-electron chi connectivity index (χ4n) is 0.895. The number of carbonyl (C=O) groups is 2. The maximum absolute atomic E-state index is 10.8. The summed E-state index contributed by atoms with van der Waals surface area (Å²) in [5, 5.41) is 5.54. The average molecular weight is 172 g/mol. The van der Waals surface area contributed by atoms with Gasteiger partial charge in [-0.15, -0.1) is 0 Å². The highest BCUT2D eigenvalue weighted by Crippen LogP contribution is 1.99. The molecule has 0 aliphatic carbocycles. The first-order valence-corrected chi connectivity index (χ1v) is 3.81. The van der Waals surface area contributed by atoms with E-state index in [1.807, 2.05) is 0 Å². The van der Waals surface area contributed by atoms with Gasteiger partial charge >= 0.3 is 11.9 Å². The van der Waals surface area contributed by atoms with Crippen LogP contribution in [0.4, 0.5) is 0 Å². The van der Waals surface area contributed by atoms with Crippen molar-refractivity contribution in [3.05, 3.63) is 0 Å². The second kappa shape index (κ2) is 4.06. The van der Waals surface area contributed by atoms with Crippen molar-refractivity contribution in [3.8, 4) is 0 Å². The van der Waals surface area contributed by atoms with E-state index in [-0.39, 0.29) is 0 Å². The molecule has 0 spiro atoms. The molecule has 0 aromatic carbocycles. The Morgan fingerprint density at radius 3 is 2.67 bits per heavy atom. The van der Waals surface area contributed by atoms with E-state index in [9.17, 15) is 9.59 Å². The molecule has 2 N–H and O–H groups in total. The van der Waals surface area contributed by atoms with Gasteiger partial charge in [0.1, 0.15) is 0 Å². The fraction of sp³-hybridized carbons (Fsp3) is 0.714. The van der Waals surface area contributed by atoms with Crippen LogP contribution < -0.4 is 10.6 Å². The third kappa shape index (κ3) is 2.20. The number of hydrogen-bond acceptors (Lipinski definition) is 4. The molecule has 5 heteroatoms. The molecule has 12 heavy (non-hydrogen) atoms. The van der Waals surface area contributed by atoms with E-state index in [4.69, 9.17) is 0 Å². The third-order valence-corrected chi connectivity index (χ3v) is 1.79. The maximum Gasteiger partial charge on any atom is 0.396 e. The minimum absolute atomic E-state index is 0.457. The molecule has 0 atom stereocenters. The van der Waals surface area contributed by atoms with Gasteiger partial charge in [0.25, 0.3) is 0 Å². The Morgan fingerprint density at radius 1 is 1.58 bits per heavy atom. The average Bonchev–Trinajstić information content (AvgIpc) is 2.00. The van der Waals surface area contributed by atoms with Crippen LogP contribution in [0.1, 0.15) is 0 Å². The number of hydrogen-bond donors (Lipinski definition) is 2. The van der Waals surface area contributed by atoms with Crippen LogP contribution in [0.3, 0.4) is 0 Å². The molecule has 1 fully saturated rings. The summed E-state index contributed by atoms with van der Waals surface area (Å²) >= 11 is 0. The molecular formula is C7H12N2O3. The van der Waals surface area contributed by atoms with Gasteiger partial charge in [-0.25, -0.2) is 4.79 Å². The molecule has 5 nitrogen and oxygen atoms in total. The molecular weight excluding hydrogens is 160 g/mol. The second-order valence-corrected chi connectivity index (χ2v) is 2.73. The number of nitrogens with one attached hydrogen (secondary N) is 2. The first-order chi connectivity index (χ1) is 5.74. The minimum Gasteiger partial charge on any atom is -0.462 e. The first kappa shape index (κ1) is 8.99. The molecule has 68 valence electrons. The highest BCUT2D eigenvalue weighted by atomic mass is 16.5. The van der Waals surface area contributed by atoms with E-state index in [1.165, 1.54) is 7.11 Å². The Balaban J connectivity index is 2.13. The standard InChI is InChI=1S/C7H12N2O3/c1-12-7(11)6(10)9-4-5-2-8-3-5/h5,8H,2-4H2,1H3,(H,9,10).